The Morgan fingerprint density at radius 2 is 1.70 bits per heavy atom. The third-order valence-electron chi connectivity index (χ3n) is 5.00. The summed E-state index contributed by atoms with van der Waals surface area (Å²) >= 11 is 3.55. The number of carbonyl (C=O) groups excluding carboxylic acids is 1. The Morgan fingerprint density at radius 3 is 2.48 bits per heavy atom. The van der Waals surface area contributed by atoms with E-state index in [1.807, 2.05) is 60.7 Å². The molecule has 0 saturated carbocycles. The van der Waals surface area contributed by atoms with Gasteiger partial charge in [-0.05, 0) is 75.1 Å². The minimum Gasteiger partial charge on any atom is -0.489 e. The van der Waals surface area contributed by atoms with Gasteiger partial charge >= 0.3 is 0 Å². The molecule has 0 atom stereocenters. The summed E-state index contributed by atoms with van der Waals surface area (Å²) in [5.74, 6) is 1.03. The third-order valence-corrected chi connectivity index (χ3v) is 5.81. The number of nitrogens with zero attached hydrogens (tertiary/aromatic N) is 1. The van der Waals surface area contributed by atoms with Crippen LogP contribution in [0.1, 0.15) is 16.7 Å². The van der Waals surface area contributed by atoms with Crippen molar-refractivity contribution in [2.45, 2.75) is 13.5 Å². The summed E-state index contributed by atoms with van der Waals surface area (Å²) in [6.07, 6.45) is 1.58. The summed E-state index contributed by atoms with van der Waals surface area (Å²) in [6.45, 7) is 2.43. The number of carbonyl (C=O) groups is 1. The Bertz CT molecular complexity index is 1270. The number of halogens is 1. The minimum absolute atomic E-state index is 0.139. The van der Waals surface area contributed by atoms with Crippen LogP contribution in [0, 0.1) is 6.92 Å². The van der Waals surface area contributed by atoms with Crippen LogP contribution in [-0.2, 0) is 11.4 Å². The zero-order valence-electron chi connectivity index (χ0n) is 18.1. The van der Waals surface area contributed by atoms with E-state index in [2.05, 4.69) is 57.6 Å². The number of aryl methyl sites for hydroxylation is 1. The molecule has 4 rings (SSSR count). The van der Waals surface area contributed by atoms with Crippen molar-refractivity contribution in [3.05, 3.63) is 106 Å². The van der Waals surface area contributed by atoms with E-state index < -0.39 is 0 Å². The first-order chi connectivity index (χ1) is 16.1. The van der Waals surface area contributed by atoms with E-state index in [9.17, 15) is 4.79 Å². The second kappa shape index (κ2) is 10.8. The Morgan fingerprint density at radius 1 is 0.939 bits per heavy atom. The minimum atomic E-state index is -0.343. The molecule has 0 aliphatic heterocycles. The van der Waals surface area contributed by atoms with E-state index in [0.717, 1.165) is 32.1 Å². The SMILES string of the molecule is Cc1ccc(COc2ccc(/C=N/NC(=O)COc3ccc4ccccc4c3Br)cc2)cc1. The van der Waals surface area contributed by atoms with Gasteiger partial charge in [0.25, 0.3) is 5.91 Å². The smallest absolute Gasteiger partial charge is 0.277 e. The molecule has 33 heavy (non-hydrogen) atoms. The first kappa shape index (κ1) is 22.6. The number of rotatable bonds is 8. The summed E-state index contributed by atoms with van der Waals surface area (Å²) < 4.78 is 12.3. The fraction of sp³-hybridized carbons (Fsp3) is 0.111. The van der Waals surface area contributed by atoms with Gasteiger partial charge in [-0.25, -0.2) is 5.43 Å². The monoisotopic (exact) mass is 502 g/mol. The first-order valence-electron chi connectivity index (χ1n) is 10.5. The number of amides is 1. The Kier molecular flexibility index (Phi) is 7.37. The molecule has 0 aromatic heterocycles. The molecule has 0 aliphatic carbocycles. The molecule has 0 fully saturated rings. The van der Waals surface area contributed by atoms with Gasteiger partial charge in [0.15, 0.2) is 6.61 Å². The predicted molar refractivity (Wildman–Crippen MR) is 135 cm³/mol. The van der Waals surface area contributed by atoms with Crippen LogP contribution in [0.3, 0.4) is 0 Å². The zero-order chi connectivity index (χ0) is 23.0. The molecule has 0 radical (unpaired) electrons. The fourth-order valence-electron chi connectivity index (χ4n) is 3.18. The van der Waals surface area contributed by atoms with Gasteiger partial charge in [-0.3, -0.25) is 4.79 Å². The highest BCUT2D eigenvalue weighted by atomic mass is 79.9. The Hall–Kier alpha value is -3.64. The summed E-state index contributed by atoms with van der Waals surface area (Å²) in [6, 6.07) is 27.5. The Labute approximate surface area is 201 Å². The second-order valence-electron chi connectivity index (χ2n) is 7.52. The molecule has 4 aromatic rings. The van der Waals surface area contributed by atoms with E-state index in [-0.39, 0.29) is 12.5 Å². The molecule has 1 N–H and O–H groups in total. The van der Waals surface area contributed by atoms with Gasteiger partial charge in [0.05, 0.1) is 10.7 Å². The van der Waals surface area contributed by atoms with Gasteiger partial charge in [0.2, 0.25) is 0 Å². The lowest BCUT2D eigenvalue weighted by Gasteiger charge is -2.09. The van der Waals surface area contributed by atoms with Crippen LogP contribution >= 0.6 is 15.9 Å². The number of ether oxygens (including phenoxy) is 2. The van der Waals surface area contributed by atoms with Crippen LogP contribution in [0.25, 0.3) is 10.8 Å². The van der Waals surface area contributed by atoms with Crippen molar-refractivity contribution in [2.24, 2.45) is 5.10 Å². The highest BCUT2D eigenvalue weighted by molar-refractivity contribution is 9.10. The van der Waals surface area contributed by atoms with E-state index in [4.69, 9.17) is 9.47 Å². The molecular formula is C27H23BrN2O3. The maximum atomic E-state index is 12.1. The topological polar surface area (TPSA) is 59.9 Å². The zero-order valence-corrected chi connectivity index (χ0v) is 19.7. The maximum Gasteiger partial charge on any atom is 0.277 e. The van der Waals surface area contributed by atoms with Crippen molar-refractivity contribution in [2.75, 3.05) is 6.61 Å². The van der Waals surface area contributed by atoms with E-state index in [1.54, 1.807) is 6.21 Å². The average Bonchev–Trinajstić information content (AvgIpc) is 2.84. The van der Waals surface area contributed by atoms with Crippen molar-refractivity contribution in [3.63, 3.8) is 0 Å². The van der Waals surface area contributed by atoms with Gasteiger partial charge in [-0.2, -0.15) is 5.10 Å². The highest BCUT2D eigenvalue weighted by Gasteiger charge is 2.08. The summed E-state index contributed by atoms with van der Waals surface area (Å²) in [5.41, 5.74) is 5.67. The number of hydrazone groups is 1. The van der Waals surface area contributed by atoms with Crippen molar-refractivity contribution in [3.8, 4) is 11.5 Å². The second-order valence-corrected chi connectivity index (χ2v) is 8.32. The van der Waals surface area contributed by atoms with Crippen molar-refractivity contribution in [1.82, 2.24) is 5.43 Å². The number of nitrogens with one attached hydrogen (secondary N) is 1. The standard InChI is InChI=1S/C27H23BrN2O3/c1-19-6-8-21(9-7-19)17-32-23-13-10-20(11-14-23)16-29-30-26(31)18-33-25-15-12-22-4-2-3-5-24(22)27(25)28/h2-16H,17-18H2,1H3,(H,30,31)/b29-16+. The number of hydrogen-bond acceptors (Lipinski definition) is 4. The van der Waals surface area contributed by atoms with Crippen molar-refractivity contribution in [1.29, 1.82) is 0 Å². The average molecular weight is 503 g/mol. The third kappa shape index (κ3) is 6.20. The molecule has 0 unspecified atom stereocenters. The van der Waals surface area contributed by atoms with Gasteiger partial charge in [0, 0.05) is 0 Å². The van der Waals surface area contributed by atoms with E-state index >= 15 is 0 Å². The molecule has 0 heterocycles. The van der Waals surface area contributed by atoms with Gasteiger partial charge in [0.1, 0.15) is 18.1 Å². The normalized spacial score (nSPS) is 11.0. The number of fused-ring (bicyclic) bond motifs is 1. The summed E-state index contributed by atoms with van der Waals surface area (Å²) in [4.78, 5) is 12.1. The Balaban J connectivity index is 1.24. The molecule has 5 nitrogen and oxygen atoms in total. The molecule has 0 bridgehead atoms. The number of benzene rings is 4. The van der Waals surface area contributed by atoms with Crippen LogP contribution in [0.4, 0.5) is 0 Å². The number of hydrogen-bond donors (Lipinski definition) is 1. The van der Waals surface area contributed by atoms with E-state index in [0.29, 0.717) is 12.4 Å². The summed E-state index contributed by atoms with van der Waals surface area (Å²) in [5, 5.41) is 6.12. The molecule has 0 aliphatic rings. The van der Waals surface area contributed by atoms with Crippen LogP contribution in [0.5, 0.6) is 11.5 Å². The van der Waals surface area contributed by atoms with Gasteiger partial charge in [-0.1, -0.05) is 60.2 Å². The van der Waals surface area contributed by atoms with Crippen LogP contribution in [0.15, 0.2) is 94.5 Å². The van der Waals surface area contributed by atoms with Crippen LogP contribution < -0.4 is 14.9 Å². The van der Waals surface area contributed by atoms with Gasteiger partial charge in [-0.15, -0.1) is 0 Å². The maximum absolute atomic E-state index is 12.1. The molecule has 6 heteroatoms. The highest BCUT2D eigenvalue weighted by Crippen LogP contribution is 2.32. The molecule has 0 spiro atoms. The van der Waals surface area contributed by atoms with Gasteiger partial charge < -0.3 is 9.47 Å². The fourth-order valence-corrected chi connectivity index (χ4v) is 3.79. The quantitative estimate of drug-likeness (QED) is 0.236. The molecule has 166 valence electrons. The van der Waals surface area contributed by atoms with Crippen LogP contribution in [-0.4, -0.2) is 18.7 Å². The lowest BCUT2D eigenvalue weighted by atomic mass is 10.1. The summed E-state index contributed by atoms with van der Waals surface area (Å²) in [7, 11) is 0. The lowest BCUT2D eigenvalue weighted by molar-refractivity contribution is -0.123. The largest absolute Gasteiger partial charge is 0.489 e. The molecule has 1 amide bonds. The van der Waals surface area contributed by atoms with Crippen molar-refractivity contribution >= 4 is 38.8 Å². The first-order valence-corrected chi connectivity index (χ1v) is 11.3. The van der Waals surface area contributed by atoms with Crippen molar-refractivity contribution < 1.29 is 14.3 Å². The predicted octanol–water partition coefficient (Wildman–Crippen LogP) is 6.02. The molecule has 0 saturated heterocycles. The van der Waals surface area contributed by atoms with Crippen LogP contribution in [0.2, 0.25) is 0 Å². The molecule has 4 aromatic carbocycles. The molecular weight excluding hydrogens is 480 g/mol. The van der Waals surface area contributed by atoms with E-state index in [1.165, 1.54) is 5.56 Å². The lowest BCUT2D eigenvalue weighted by Crippen LogP contribution is -2.24.